The maximum atomic E-state index is 6.59. The Hall–Kier alpha value is -2.11. The summed E-state index contributed by atoms with van der Waals surface area (Å²) < 4.78 is 7.73. The van der Waals surface area contributed by atoms with Gasteiger partial charge in [0.25, 0.3) is 0 Å². The van der Waals surface area contributed by atoms with Crippen molar-refractivity contribution in [1.29, 1.82) is 0 Å². The highest BCUT2D eigenvalue weighted by atomic mass is 35.5. The number of hydrogen-bond acceptors (Lipinski definition) is 4. The van der Waals surface area contributed by atoms with E-state index in [0.717, 1.165) is 39.8 Å². The standard InChI is InChI=1S/C25H35ClN4O/c1-9-18-17(6)24-22(15(4)12-30(24)16(5)13-31-8)28-23(18)19-10-11-20(26)21(14(2)3)29-25(19)27-7/h11-12,14,16,27H,9-10,13H2,1-8H3. The van der Waals surface area contributed by atoms with Gasteiger partial charge in [0.2, 0.25) is 0 Å². The number of ether oxygens (including phenoxy) is 1. The summed E-state index contributed by atoms with van der Waals surface area (Å²) >= 11 is 6.59. The molecule has 0 bridgehead atoms. The Kier molecular flexibility index (Phi) is 7.28. The van der Waals surface area contributed by atoms with E-state index in [-0.39, 0.29) is 12.0 Å². The normalized spacial score (nSPS) is 15.9. The third-order valence-corrected chi connectivity index (χ3v) is 6.41. The van der Waals surface area contributed by atoms with Gasteiger partial charge in [0.15, 0.2) is 0 Å². The lowest BCUT2D eigenvalue weighted by Gasteiger charge is -2.19. The summed E-state index contributed by atoms with van der Waals surface area (Å²) in [7, 11) is 3.67. The minimum absolute atomic E-state index is 0.238. The molecule has 168 valence electrons. The second-order valence-electron chi connectivity index (χ2n) is 8.62. The van der Waals surface area contributed by atoms with Crippen LogP contribution in [0, 0.1) is 19.8 Å². The third kappa shape index (κ3) is 4.31. The topological polar surface area (TPSA) is 51.4 Å². The average molecular weight is 443 g/mol. The van der Waals surface area contributed by atoms with Crippen molar-refractivity contribution in [2.75, 3.05) is 20.8 Å². The minimum atomic E-state index is 0.238. The van der Waals surface area contributed by atoms with Gasteiger partial charge < -0.3 is 14.6 Å². The van der Waals surface area contributed by atoms with Crippen LogP contribution in [-0.2, 0) is 11.2 Å². The molecule has 1 aliphatic heterocycles. The number of allylic oxidation sites excluding steroid dienone is 3. The number of nitrogens with zero attached hydrogens (tertiary/aromatic N) is 3. The van der Waals surface area contributed by atoms with Crippen LogP contribution in [0.4, 0.5) is 0 Å². The molecular weight excluding hydrogens is 408 g/mol. The monoisotopic (exact) mass is 442 g/mol. The zero-order valence-electron chi connectivity index (χ0n) is 20.1. The lowest BCUT2D eigenvalue weighted by Crippen LogP contribution is -2.14. The molecule has 0 radical (unpaired) electrons. The number of aryl methyl sites for hydroxylation is 2. The second-order valence-corrected chi connectivity index (χ2v) is 9.03. The van der Waals surface area contributed by atoms with E-state index in [0.29, 0.717) is 13.0 Å². The van der Waals surface area contributed by atoms with Crippen molar-refractivity contribution in [3.8, 4) is 0 Å². The van der Waals surface area contributed by atoms with Crippen LogP contribution in [0.3, 0.4) is 0 Å². The van der Waals surface area contributed by atoms with E-state index in [2.05, 4.69) is 63.7 Å². The lowest BCUT2D eigenvalue weighted by molar-refractivity contribution is 0.164. The number of aromatic nitrogens is 2. The van der Waals surface area contributed by atoms with Crippen LogP contribution in [0.25, 0.3) is 16.6 Å². The zero-order valence-corrected chi connectivity index (χ0v) is 20.8. The maximum absolute atomic E-state index is 6.59. The number of rotatable bonds is 7. The van der Waals surface area contributed by atoms with Crippen LogP contribution in [0.1, 0.15) is 62.5 Å². The molecule has 1 aliphatic rings. The Morgan fingerprint density at radius 1 is 1.26 bits per heavy atom. The Balaban J connectivity index is 2.31. The first-order chi connectivity index (χ1) is 14.7. The molecule has 0 saturated carbocycles. The van der Waals surface area contributed by atoms with Crippen LogP contribution < -0.4 is 5.32 Å². The van der Waals surface area contributed by atoms with Crippen LogP contribution in [-0.4, -0.2) is 36.0 Å². The van der Waals surface area contributed by atoms with Crippen molar-refractivity contribution in [2.45, 2.75) is 60.4 Å². The molecule has 1 N–H and O–H groups in total. The van der Waals surface area contributed by atoms with Crippen molar-refractivity contribution in [3.05, 3.63) is 45.5 Å². The SMILES string of the molecule is CCc1c(C2=C(NC)N=C(C(C)C)C(Cl)=CC2)nc2c(C)cn(C(C)COC)c2c1C. The molecule has 6 heteroatoms. The summed E-state index contributed by atoms with van der Waals surface area (Å²) in [5, 5.41) is 4.04. The number of pyridine rings is 1. The van der Waals surface area contributed by atoms with E-state index in [1.807, 2.05) is 7.05 Å². The van der Waals surface area contributed by atoms with E-state index >= 15 is 0 Å². The largest absolute Gasteiger partial charge is 0.383 e. The van der Waals surface area contributed by atoms with E-state index in [4.69, 9.17) is 26.3 Å². The summed E-state index contributed by atoms with van der Waals surface area (Å²) in [5.74, 6) is 1.09. The Morgan fingerprint density at radius 3 is 2.55 bits per heavy atom. The molecule has 0 aliphatic carbocycles. The Morgan fingerprint density at radius 2 is 1.97 bits per heavy atom. The molecule has 31 heavy (non-hydrogen) atoms. The van der Waals surface area contributed by atoms with Gasteiger partial charge in [0, 0.05) is 25.9 Å². The van der Waals surface area contributed by atoms with Crippen LogP contribution in [0.2, 0.25) is 0 Å². The van der Waals surface area contributed by atoms with Gasteiger partial charge in [-0.05, 0) is 56.2 Å². The summed E-state index contributed by atoms with van der Waals surface area (Å²) in [6.07, 6.45) is 5.86. The number of hydrogen-bond donors (Lipinski definition) is 1. The maximum Gasteiger partial charge on any atom is 0.131 e. The number of fused-ring (bicyclic) bond motifs is 1. The molecule has 0 fully saturated rings. The predicted octanol–water partition coefficient (Wildman–Crippen LogP) is 5.93. The molecule has 0 spiro atoms. The number of nitrogens with one attached hydrogen (secondary N) is 1. The fraction of sp³-hybridized carbons (Fsp3) is 0.520. The smallest absolute Gasteiger partial charge is 0.131 e. The van der Waals surface area contributed by atoms with E-state index < -0.39 is 0 Å². The predicted molar refractivity (Wildman–Crippen MR) is 132 cm³/mol. The van der Waals surface area contributed by atoms with Gasteiger partial charge in [-0.3, -0.25) is 0 Å². The van der Waals surface area contributed by atoms with Crippen LogP contribution in [0.5, 0.6) is 0 Å². The molecule has 0 saturated heterocycles. The second kappa shape index (κ2) is 9.58. The zero-order chi connectivity index (χ0) is 22.9. The molecule has 1 unspecified atom stereocenters. The number of methoxy groups -OCH3 is 1. The highest BCUT2D eigenvalue weighted by molar-refractivity contribution is 6.44. The van der Waals surface area contributed by atoms with Gasteiger partial charge in [-0.2, -0.15) is 0 Å². The van der Waals surface area contributed by atoms with Crippen molar-refractivity contribution in [1.82, 2.24) is 14.9 Å². The summed E-state index contributed by atoms with van der Waals surface area (Å²) in [5.41, 5.74) is 8.96. The Labute approximate surface area is 191 Å². The molecule has 2 aromatic rings. The summed E-state index contributed by atoms with van der Waals surface area (Å²) in [6.45, 7) is 13.6. The van der Waals surface area contributed by atoms with Gasteiger partial charge in [0.1, 0.15) is 5.82 Å². The highest BCUT2D eigenvalue weighted by Crippen LogP contribution is 2.36. The van der Waals surface area contributed by atoms with Crippen molar-refractivity contribution < 1.29 is 4.74 Å². The third-order valence-electron chi connectivity index (χ3n) is 6.06. The molecule has 0 aromatic carbocycles. The fourth-order valence-electron chi connectivity index (χ4n) is 4.46. The summed E-state index contributed by atoms with van der Waals surface area (Å²) in [4.78, 5) is 10.1. The summed E-state index contributed by atoms with van der Waals surface area (Å²) in [6, 6.07) is 0.238. The van der Waals surface area contributed by atoms with Gasteiger partial charge in [-0.15, -0.1) is 0 Å². The average Bonchev–Trinajstić information content (AvgIpc) is 2.96. The van der Waals surface area contributed by atoms with Crippen molar-refractivity contribution in [3.63, 3.8) is 0 Å². The molecule has 3 heterocycles. The molecular formula is C25H35ClN4O. The number of aliphatic imine (C=N–C) groups is 1. The number of halogens is 1. The highest BCUT2D eigenvalue weighted by Gasteiger charge is 2.24. The first-order valence-electron chi connectivity index (χ1n) is 11.1. The first kappa shape index (κ1) is 23.6. The minimum Gasteiger partial charge on any atom is -0.383 e. The molecule has 0 amide bonds. The Bertz CT molecular complexity index is 1080. The van der Waals surface area contributed by atoms with Crippen molar-refractivity contribution in [2.24, 2.45) is 10.9 Å². The van der Waals surface area contributed by atoms with Gasteiger partial charge in [-0.1, -0.05) is 38.4 Å². The van der Waals surface area contributed by atoms with Crippen molar-refractivity contribution >= 4 is 33.9 Å². The molecule has 1 atom stereocenters. The van der Waals surface area contributed by atoms with Gasteiger partial charge >= 0.3 is 0 Å². The first-order valence-corrected chi connectivity index (χ1v) is 11.5. The van der Waals surface area contributed by atoms with E-state index in [1.165, 1.54) is 22.2 Å². The van der Waals surface area contributed by atoms with Gasteiger partial charge in [-0.25, -0.2) is 9.98 Å². The van der Waals surface area contributed by atoms with E-state index in [1.54, 1.807) is 7.11 Å². The molecule has 3 rings (SSSR count). The fourth-order valence-corrected chi connectivity index (χ4v) is 4.80. The van der Waals surface area contributed by atoms with Crippen LogP contribution >= 0.6 is 11.6 Å². The molecule has 2 aromatic heterocycles. The van der Waals surface area contributed by atoms with Crippen LogP contribution in [0.15, 0.2) is 28.1 Å². The van der Waals surface area contributed by atoms with Gasteiger partial charge in [0.05, 0.1) is 40.1 Å². The van der Waals surface area contributed by atoms with E-state index in [9.17, 15) is 0 Å². The molecule has 5 nitrogen and oxygen atoms in total. The lowest BCUT2D eigenvalue weighted by atomic mass is 9.96. The quantitative estimate of drug-likeness (QED) is 0.577.